The van der Waals surface area contributed by atoms with E-state index in [9.17, 15) is 4.79 Å². The van der Waals surface area contributed by atoms with E-state index >= 15 is 0 Å². The molecule has 0 spiro atoms. The summed E-state index contributed by atoms with van der Waals surface area (Å²) in [6.07, 6.45) is 2.89. The highest BCUT2D eigenvalue weighted by Crippen LogP contribution is 2.32. The smallest absolute Gasteiger partial charge is 0.237 e. The molecule has 1 aromatic carbocycles. The summed E-state index contributed by atoms with van der Waals surface area (Å²) in [6, 6.07) is 3.26. The van der Waals surface area contributed by atoms with Crippen LogP contribution < -0.4 is 15.4 Å². The van der Waals surface area contributed by atoms with E-state index in [0.29, 0.717) is 22.3 Å². The molecule has 0 unspecified atom stereocenters. The van der Waals surface area contributed by atoms with E-state index in [1.807, 2.05) is 0 Å². The van der Waals surface area contributed by atoms with Gasteiger partial charge in [0.25, 0.3) is 0 Å². The summed E-state index contributed by atoms with van der Waals surface area (Å²) >= 11 is 12.1. The van der Waals surface area contributed by atoms with Crippen molar-refractivity contribution in [2.75, 3.05) is 13.7 Å². The topological polar surface area (TPSA) is 50.4 Å². The molecule has 6 heteroatoms. The Bertz CT molecular complexity index is 494. The first-order chi connectivity index (χ1) is 9.61. The van der Waals surface area contributed by atoms with E-state index in [0.717, 1.165) is 31.4 Å². The molecule has 4 nitrogen and oxygen atoms in total. The lowest BCUT2D eigenvalue weighted by molar-refractivity contribution is -0.122. The van der Waals surface area contributed by atoms with Gasteiger partial charge in [0.05, 0.1) is 18.2 Å². The molecule has 0 radical (unpaired) electrons. The number of carbonyl (C=O) groups is 1. The van der Waals surface area contributed by atoms with Crippen molar-refractivity contribution in [1.82, 2.24) is 10.6 Å². The summed E-state index contributed by atoms with van der Waals surface area (Å²) in [5, 5.41) is 7.17. The molecule has 1 heterocycles. The molecule has 0 aromatic heterocycles. The number of hydrogen-bond donors (Lipinski definition) is 2. The molecule has 1 fully saturated rings. The summed E-state index contributed by atoms with van der Waals surface area (Å²) in [5.74, 6) is 0.646. The molecule has 1 aliphatic heterocycles. The first-order valence-corrected chi connectivity index (χ1v) is 7.40. The number of ether oxygens (including phenoxy) is 1. The Balaban J connectivity index is 2.08. The third-order valence-corrected chi connectivity index (χ3v) is 3.86. The van der Waals surface area contributed by atoms with Gasteiger partial charge in [-0.2, -0.15) is 0 Å². The number of amides is 1. The zero-order valence-electron chi connectivity index (χ0n) is 11.3. The van der Waals surface area contributed by atoms with E-state index in [1.54, 1.807) is 19.2 Å². The minimum absolute atomic E-state index is 0.0505. The lowest BCUT2D eigenvalue weighted by atomic mass is 10.1. The van der Waals surface area contributed by atoms with Crippen LogP contribution in [-0.2, 0) is 11.3 Å². The molecule has 1 amide bonds. The van der Waals surface area contributed by atoms with Crippen LogP contribution in [0.15, 0.2) is 12.1 Å². The fourth-order valence-corrected chi connectivity index (χ4v) is 2.95. The summed E-state index contributed by atoms with van der Waals surface area (Å²) in [6.45, 7) is 1.24. The van der Waals surface area contributed by atoms with E-state index in [1.165, 1.54) is 0 Å². The summed E-state index contributed by atoms with van der Waals surface area (Å²) < 4.78 is 5.29. The van der Waals surface area contributed by atoms with Crippen molar-refractivity contribution in [3.05, 3.63) is 27.7 Å². The molecule has 1 atom stereocenters. The van der Waals surface area contributed by atoms with Crippen molar-refractivity contribution in [2.24, 2.45) is 0 Å². The summed E-state index contributed by atoms with van der Waals surface area (Å²) in [5.41, 5.74) is 0.849. The third-order valence-electron chi connectivity index (χ3n) is 3.36. The Morgan fingerprint density at radius 2 is 2.20 bits per heavy atom. The lowest BCUT2D eigenvalue weighted by Crippen LogP contribution is -2.42. The van der Waals surface area contributed by atoms with Crippen LogP contribution in [0.25, 0.3) is 0 Å². The Hall–Kier alpha value is -0.970. The highest BCUT2D eigenvalue weighted by atomic mass is 35.5. The SMILES string of the molecule is COc1c(Cl)cc(Cl)cc1CN[C@H]1CCCCNC1=O. The monoisotopic (exact) mass is 316 g/mol. The van der Waals surface area contributed by atoms with Crippen molar-refractivity contribution >= 4 is 29.1 Å². The van der Waals surface area contributed by atoms with Crippen molar-refractivity contribution < 1.29 is 9.53 Å². The van der Waals surface area contributed by atoms with Gasteiger partial charge in [-0.3, -0.25) is 4.79 Å². The van der Waals surface area contributed by atoms with Crippen LogP contribution in [-0.4, -0.2) is 25.6 Å². The van der Waals surface area contributed by atoms with Gasteiger partial charge < -0.3 is 15.4 Å². The minimum atomic E-state index is -0.181. The Morgan fingerprint density at radius 1 is 1.40 bits per heavy atom. The maximum atomic E-state index is 11.9. The van der Waals surface area contributed by atoms with Crippen LogP contribution >= 0.6 is 23.2 Å². The molecular formula is C14H18Cl2N2O2. The van der Waals surface area contributed by atoms with Gasteiger partial charge in [-0.15, -0.1) is 0 Å². The second-order valence-electron chi connectivity index (χ2n) is 4.80. The number of rotatable bonds is 4. The molecule has 110 valence electrons. The second-order valence-corrected chi connectivity index (χ2v) is 5.64. The Morgan fingerprint density at radius 3 is 2.95 bits per heavy atom. The van der Waals surface area contributed by atoms with Gasteiger partial charge in [-0.25, -0.2) is 0 Å². The highest BCUT2D eigenvalue weighted by Gasteiger charge is 2.20. The predicted molar refractivity (Wildman–Crippen MR) is 80.5 cm³/mol. The molecule has 1 saturated heterocycles. The minimum Gasteiger partial charge on any atom is -0.495 e. The maximum absolute atomic E-state index is 11.9. The van der Waals surface area contributed by atoms with Crippen LogP contribution in [0.1, 0.15) is 24.8 Å². The van der Waals surface area contributed by atoms with Gasteiger partial charge in [-0.05, 0) is 31.4 Å². The van der Waals surface area contributed by atoms with Crippen LogP contribution in [0.5, 0.6) is 5.75 Å². The van der Waals surface area contributed by atoms with Crippen molar-refractivity contribution in [1.29, 1.82) is 0 Å². The second kappa shape index (κ2) is 7.16. The average molecular weight is 317 g/mol. The maximum Gasteiger partial charge on any atom is 0.237 e. The quantitative estimate of drug-likeness (QED) is 0.898. The number of nitrogens with one attached hydrogen (secondary N) is 2. The number of carbonyl (C=O) groups excluding carboxylic acids is 1. The van der Waals surface area contributed by atoms with E-state index in [2.05, 4.69) is 10.6 Å². The fraction of sp³-hybridized carbons (Fsp3) is 0.500. The van der Waals surface area contributed by atoms with Gasteiger partial charge >= 0.3 is 0 Å². The molecule has 1 aromatic rings. The van der Waals surface area contributed by atoms with E-state index < -0.39 is 0 Å². The van der Waals surface area contributed by atoms with E-state index in [-0.39, 0.29) is 11.9 Å². The molecular weight excluding hydrogens is 299 g/mol. The van der Waals surface area contributed by atoms with Crippen LogP contribution in [0.2, 0.25) is 10.0 Å². The van der Waals surface area contributed by atoms with Crippen molar-refractivity contribution in [2.45, 2.75) is 31.8 Å². The molecule has 0 aliphatic carbocycles. The first-order valence-electron chi connectivity index (χ1n) is 6.65. The van der Waals surface area contributed by atoms with E-state index in [4.69, 9.17) is 27.9 Å². The Labute approximate surface area is 128 Å². The zero-order valence-corrected chi connectivity index (χ0v) is 12.9. The number of hydrogen-bond acceptors (Lipinski definition) is 3. The molecule has 2 N–H and O–H groups in total. The Kier molecular flexibility index (Phi) is 5.52. The highest BCUT2D eigenvalue weighted by molar-refractivity contribution is 6.35. The molecule has 2 rings (SSSR count). The van der Waals surface area contributed by atoms with Crippen LogP contribution in [0, 0.1) is 0 Å². The van der Waals surface area contributed by atoms with Gasteiger partial charge in [-0.1, -0.05) is 23.2 Å². The molecule has 0 bridgehead atoms. The predicted octanol–water partition coefficient (Wildman–Crippen LogP) is 2.76. The largest absolute Gasteiger partial charge is 0.495 e. The lowest BCUT2D eigenvalue weighted by Gasteiger charge is -2.17. The number of benzene rings is 1. The normalized spacial score (nSPS) is 19.4. The van der Waals surface area contributed by atoms with Gasteiger partial charge in [0.1, 0.15) is 5.75 Å². The number of halogens is 2. The van der Waals surface area contributed by atoms with Gasteiger partial charge in [0.2, 0.25) is 5.91 Å². The fourth-order valence-electron chi connectivity index (χ4n) is 2.34. The molecule has 1 aliphatic rings. The van der Waals surface area contributed by atoms with Gasteiger partial charge in [0, 0.05) is 23.7 Å². The van der Waals surface area contributed by atoms with Crippen molar-refractivity contribution in [3.63, 3.8) is 0 Å². The summed E-state index contributed by atoms with van der Waals surface area (Å²) in [4.78, 5) is 11.9. The average Bonchev–Trinajstić information content (AvgIpc) is 2.60. The molecule has 0 saturated carbocycles. The summed E-state index contributed by atoms with van der Waals surface area (Å²) in [7, 11) is 1.57. The van der Waals surface area contributed by atoms with Crippen molar-refractivity contribution in [3.8, 4) is 5.75 Å². The standard InChI is InChI=1S/C14H18Cl2N2O2/c1-20-13-9(6-10(15)7-11(13)16)8-18-12-4-2-3-5-17-14(12)19/h6-7,12,18H,2-5,8H2,1H3,(H,17,19)/t12-/m0/s1. The first kappa shape index (κ1) is 15.4. The number of methoxy groups -OCH3 is 1. The van der Waals surface area contributed by atoms with Gasteiger partial charge in [0.15, 0.2) is 0 Å². The molecule has 20 heavy (non-hydrogen) atoms. The van der Waals surface area contributed by atoms with Crippen LogP contribution in [0.3, 0.4) is 0 Å². The van der Waals surface area contributed by atoms with Crippen LogP contribution in [0.4, 0.5) is 0 Å². The zero-order chi connectivity index (χ0) is 14.5. The third kappa shape index (κ3) is 3.78.